The summed E-state index contributed by atoms with van der Waals surface area (Å²) in [5.41, 5.74) is 0.763. The van der Waals surface area contributed by atoms with Crippen LogP contribution in [0, 0.1) is 18.7 Å². The van der Waals surface area contributed by atoms with E-state index in [2.05, 4.69) is 0 Å². The maximum atomic E-state index is 13.8. The molecule has 3 heteroatoms. The highest BCUT2D eigenvalue weighted by Crippen LogP contribution is 2.22. The maximum absolute atomic E-state index is 13.8. The van der Waals surface area contributed by atoms with Crippen molar-refractivity contribution < 1.29 is 13.9 Å². The molecule has 2 nitrogen and oxygen atoms in total. The molecule has 92 valence electrons. The lowest BCUT2D eigenvalue weighted by molar-refractivity contribution is 0.0600. The van der Waals surface area contributed by atoms with E-state index < -0.39 is 0 Å². The summed E-state index contributed by atoms with van der Waals surface area (Å²) in [7, 11) is 0. The molecule has 1 aliphatic rings. The van der Waals surface area contributed by atoms with Gasteiger partial charge in [-0.25, -0.2) is 4.39 Å². The number of hydrogen-bond donors (Lipinski definition) is 0. The molecule has 0 aromatic heterocycles. The Hall–Kier alpha value is -1.22. The quantitative estimate of drug-likeness (QED) is 0.754. The van der Waals surface area contributed by atoms with E-state index in [9.17, 15) is 9.18 Å². The minimum Gasteiger partial charge on any atom is -0.381 e. The van der Waals surface area contributed by atoms with Crippen LogP contribution in [0.3, 0.4) is 0 Å². The Morgan fingerprint density at radius 3 is 2.82 bits per heavy atom. The van der Waals surface area contributed by atoms with Gasteiger partial charge in [0.25, 0.3) is 0 Å². The van der Waals surface area contributed by atoms with Gasteiger partial charge in [0.05, 0.1) is 5.56 Å². The van der Waals surface area contributed by atoms with Crippen molar-refractivity contribution in [3.05, 3.63) is 35.1 Å². The van der Waals surface area contributed by atoms with Gasteiger partial charge in [-0.05, 0) is 37.3 Å². The molecule has 17 heavy (non-hydrogen) atoms. The fraction of sp³-hybridized carbons (Fsp3) is 0.500. The molecule has 0 atom stereocenters. The van der Waals surface area contributed by atoms with Crippen molar-refractivity contribution in [2.75, 3.05) is 13.2 Å². The smallest absolute Gasteiger partial charge is 0.166 e. The standard InChI is InChI=1S/C14H17FO2/c1-10-3-2-4-12(14(10)15)13(16)9-11-5-7-17-8-6-11/h2-4,11H,5-9H2,1H3. The third-order valence-corrected chi connectivity index (χ3v) is 3.31. The molecule has 2 rings (SSSR count). The van der Waals surface area contributed by atoms with Crippen molar-refractivity contribution in [1.29, 1.82) is 0 Å². The number of ether oxygens (including phenoxy) is 1. The van der Waals surface area contributed by atoms with Crippen LogP contribution in [-0.2, 0) is 4.74 Å². The number of ketones is 1. The number of aryl methyl sites for hydroxylation is 1. The predicted molar refractivity (Wildman–Crippen MR) is 63.6 cm³/mol. The Bertz CT molecular complexity index is 409. The summed E-state index contributed by atoms with van der Waals surface area (Å²) in [6.45, 7) is 3.11. The molecule has 1 saturated heterocycles. The molecule has 0 unspecified atom stereocenters. The zero-order valence-corrected chi connectivity index (χ0v) is 10.0. The highest BCUT2D eigenvalue weighted by molar-refractivity contribution is 5.96. The SMILES string of the molecule is Cc1cccc(C(=O)CC2CCOCC2)c1F. The lowest BCUT2D eigenvalue weighted by Gasteiger charge is -2.21. The maximum Gasteiger partial charge on any atom is 0.166 e. The predicted octanol–water partition coefficient (Wildman–Crippen LogP) is 3.13. The topological polar surface area (TPSA) is 26.3 Å². The van der Waals surface area contributed by atoms with Crippen molar-refractivity contribution in [3.8, 4) is 0 Å². The molecule has 0 amide bonds. The second-order valence-corrected chi connectivity index (χ2v) is 4.62. The van der Waals surface area contributed by atoms with Crippen molar-refractivity contribution in [2.24, 2.45) is 5.92 Å². The fourth-order valence-corrected chi connectivity index (χ4v) is 2.19. The van der Waals surface area contributed by atoms with Gasteiger partial charge in [-0.15, -0.1) is 0 Å². The van der Waals surface area contributed by atoms with Gasteiger partial charge in [0.2, 0.25) is 0 Å². The average Bonchev–Trinajstić information content (AvgIpc) is 2.34. The molecule has 0 saturated carbocycles. The zero-order valence-electron chi connectivity index (χ0n) is 10.0. The van der Waals surface area contributed by atoms with Gasteiger partial charge in [0.15, 0.2) is 5.78 Å². The van der Waals surface area contributed by atoms with Gasteiger partial charge >= 0.3 is 0 Å². The van der Waals surface area contributed by atoms with Crippen molar-refractivity contribution in [3.63, 3.8) is 0 Å². The van der Waals surface area contributed by atoms with Gasteiger partial charge in [-0.1, -0.05) is 12.1 Å². The van der Waals surface area contributed by atoms with Crippen LogP contribution in [0.1, 0.15) is 35.2 Å². The summed E-state index contributed by atoms with van der Waals surface area (Å²) < 4.78 is 19.0. The first kappa shape index (κ1) is 12.2. The number of hydrogen-bond acceptors (Lipinski definition) is 2. The first-order chi connectivity index (χ1) is 8.18. The molecule has 1 heterocycles. The summed E-state index contributed by atoms with van der Waals surface area (Å²) in [6.07, 6.45) is 2.24. The van der Waals surface area contributed by atoms with E-state index in [1.54, 1.807) is 25.1 Å². The molecule has 0 radical (unpaired) electrons. The number of carbonyl (C=O) groups excluding carboxylic acids is 1. The number of Topliss-reactive ketones (excluding diaryl/α,β-unsaturated/α-hetero) is 1. The van der Waals surface area contributed by atoms with E-state index in [0.717, 1.165) is 12.8 Å². The lowest BCUT2D eigenvalue weighted by Crippen LogP contribution is -2.19. The van der Waals surface area contributed by atoms with Crippen LogP contribution in [-0.4, -0.2) is 19.0 Å². The summed E-state index contributed by atoms with van der Waals surface area (Å²) in [5, 5.41) is 0. The van der Waals surface area contributed by atoms with Crippen LogP contribution < -0.4 is 0 Å². The van der Waals surface area contributed by atoms with E-state index in [1.165, 1.54) is 0 Å². The molecule has 1 aliphatic heterocycles. The molecule has 0 N–H and O–H groups in total. The summed E-state index contributed by atoms with van der Waals surface area (Å²) in [4.78, 5) is 12.0. The van der Waals surface area contributed by atoms with Gasteiger partial charge in [0.1, 0.15) is 5.82 Å². The van der Waals surface area contributed by atoms with Crippen LogP contribution in [0.2, 0.25) is 0 Å². The largest absolute Gasteiger partial charge is 0.381 e. The van der Waals surface area contributed by atoms with E-state index >= 15 is 0 Å². The molecule has 1 aromatic carbocycles. The monoisotopic (exact) mass is 236 g/mol. The average molecular weight is 236 g/mol. The molecule has 0 spiro atoms. The minimum absolute atomic E-state index is 0.0851. The Labute approximate surface area is 101 Å². The number of halogens is 1. The summed E-state index contributed by atoms with van der Waals surface area (Å²) in [6, 6.07) is 4.99. The van der Waals surface area contributed by atoms with E-state index in [4.69, 9.17) is 4.74 Å². The van der Waals surface area contributed by atoms with Gasteiger partial charge in [-0.2, -0.15) is 0 Å². The first-order valence-corrected chi connectivity index (χ1v) is 6.04. The molecular weight excluding hydrogens is 219 g/mol. The summed E-state index contributed by atoms with van der Waals surface area (Å²) in [5.74, 6) is -0.112. The Morgan fingerprint density at radius 2 is 2.12 bits per heavy atom. The second-order valence-electron chi connectivity index (χ2n) is 4.62. The lowest BCUT2D eigenvalue weighted by atomic mass is 9.91. The van der Waals surface area contributed by atoms with Crippen molar-refractivity contribution >= 4 is 5.78 Å². The molecule has 1 fully saturated rings. The Kier molecular flexibility index (Phi) is 3.89. The highest BCUT2D eigenvalue weighted by atomic mass is 19.1. The molecular formula is C14H17FO2. The van der Waals surface area contributed by atoms with Gasteiger partial charge < -0.3 is 4.74 Å². The molecule has 0 bridgehead atoms. The highest BCUT2D eigenvalue weighted by Gasteiger charge is 2.20. The summed E-state index contributed by atoms with van der Waals surface area (Å²) >= 11 is 0. The second kappa shape index (κ2) is 5.41. The van der Waals surface area contributed by atoms with E-state index in [1.807, 2.05) is 0 Å². The Balaban J connectivity index is 2.06. The molecule has 1 aromatic rings. The Morgan fingerprint density at radius 1 is 1.41 bits per heavy atom. The van der Waals surface area contributed by atoms with E-state index in [-0.39, 0.29) is 17.2 Å². The van der Waals surface area contributed by atoms with Crippen molar-refractivity contribution in [2.45, 2.75) is 26.2 Å². The third kappa shape index (κ3) is 2.91. The van der Waals surface area contributed by atoms with Crippen LogP contribution in [0.5, 0.6) is 0 Å². The number of carbonyl (C=O) groups is 1. The minimum atomic E-state index is -0.371. The van der Waals surface area contributed by atoms with Gasteiger partial charge in [0, 0.05) is 19.6 Å². The fourth-order valence-electron chi connectivity index (χ4n) is 2.19. The number of benzene rings is 1. The van der Waals surface area contributed by atoms with Gasteiger partial charge in [-0.3, -0.25) is 4.79 Å². The number of rotatable bonds is 3. The van der Waals surface area contributed by atoms with Crippen LogP contribution >= 0.6 is 0 Å². The zero-order chi connectivity index (χ0) is 12.3. The normalized spacial score (nSPS) is 17.1. The first-order valence-electron chi connectivity index (χ1n) is 6.04. The van der Waals surface area contributed by atoms with Crippen LogP contribution in [0.15, 0.2) is 18.2 Å². The third-order valence-electron chi connectivity index (χ3n) is 3.31. The molecule has 0 aliphatic carbocycles. The van der Waals surface area contributed by atoms with Crippen LogP contribution in [0.25, 0.3) is 0 Å². The van der Waals surface area contributed by atoms with Crippen molar-refractivity contribution in [1.82, 2.24) is 0 Å². The van der Waals surface area contributed by atoms with Crippen LogP contribution in [0.4, 0.5) is 4.39 Å². The van der Waals surface area contributed by atoms with E-state index in [0.29, 0.717) is 31.1 Å².